The first kappa shape index (κ1) is 19.6. The minimum atomic E-state index is -0.316. The van der Waals surface area contributed by atoms with Crippen molar-refractivity contribution in [3.05, 3.63) is 29.3 Å². The van der Waals surface area contributed by atoms with Crippen LogP contribution in [0.1, 0.15) is 34.6 Å². The Morgan fingerprint density at radius 3 is 2.40 bits per heavy atom. The zero-order chi connectivity index (χ0) is 18.7. The van der Waals surface area contributed by atoms with Crippen molar-refractivity contribution < 1.29 is 4.79 Å². The largest absolute Gasteiger partial charge is 0.337 e. The summed E-state index contributed by atoms with van der Waals surface area (Å²) in [5.74, 6) is 6.70. The predicted octanol–water partition coefficient (Wildman–Crippen LogP) is 3.44. The lowest BCUT2D eigenvalue weighted by molar-refractivity contribution is -0.133. The number of hydrogen-bond acceptors (Lipinski definition) is 5. The number of hydrogen-bond donors (Lipinski definition) is 1. The fourth-order valence-electron chi connectivity index (χ4n) is 2.71. The standard InChI is InChI=1S/C17H24ClN5OS/c1-10(2)22(11(3)4)16(24)12(5)25-17-21-20-15(23(17)19)13-7-6-8-14(18)9-13/h6-12H,19H2,1-5H3/t12-/m1/s1. The van der Waals surface area contributed by atoms with Gasteiger partial charge in [0.05, 0.1) is 5.25 Å². The molecule has 1 aromatic heterocycles. The molecule has 0 unspecified atom stereocenters. The molecule has 1 heterocycles. The lowest BCUT2D eigenvalue weighted by Crippen LogP contribution is -2.45. The van der Waals surface area contributed by atoms with Gasteiger partial charge in [-0.1, -0.05) is 35.5 Å². The number of carbonyl (C=O) groups is 1. The van der Waals surface area contributed by atoms with Crippen LogP contribution in [0.3, 0.4) is 0 Å². The highest BCUT2D eigenvalue weighted by molar-refractivity contribution is 8.00. The molecule has 6 nitrogen and oxygen atoms in total. The molecule has 0 saturated heterocycles. The van der Waals surface area contributed by atoms with Gasteiger partial charge in [0, 0.05) is 22.7 Å². The summed E-state index contributed by atoms with van der Waals surface area (Å²) in [6.07, 6.45) is 0. The lowest BCUT2D eigenvalue weighted by atomic mass is 10.2. The van der Waals surface area contributed by atoms with E-state index >= 15 is 0 Å². The zero-order valence-corrected chi connectivity index (χ0v) is 16.7. The van der Waals surface area contributed by atoms with Crippen LogP contribution in [-0.2, 0) is 4.79 Å². The fourth-order valence-corrected chi connectivity index (χ4v) is 3.72. The maximum atomic E-state index is 12.8. The van der Waals surface area contributed by atoms with Crippen LogP contribution in [-0.4, -0.2) is 43.0 Å². The van der Waals surface area contributed by atoms with Gasteiger partial charge in [0.25, 0.3) is 0 Å². The molecule has 0 aliphatic rings. The maximum absolute atomic E-state index is 12.8. The summed E-state index contributed by atoms with van der Waals surface area (Å²) in [7, 11) is 0. The van der Waals surface area contributed by atoms with Crippen molar-refractivity contribution in [2.75, 3.05) is 5.84 Å². The Morgan fingerprint density at radius 1 is 1.20 bits per heavy atom. The number of halogens is 1. The Morgan fingerprint density at radius 2 is 1.84 bits per heavy atom. The minimum Gasteiger partial charge on any atom is -0.337 e. The van der Waals surface area contributed by atoms with E-state index in [2.05, 4.69) is 10.2 Å². The van der Waals surface area contributed by atoms with Crippen LogP contribution in [0.15, 0.2) is 29.4 Å². The molecule has 2 N–H and O–H groups in total. The quantitative estimate of drug-likeness (QED) is 0.612. The van der Waals surface area contributed by atoms with Crippen LogP contribution in [0.4, 0.5) is 0 Å². The molecule has 0 aliphatic carbocycles. The van der Waals surface area contributed by atoms with Crippen LogP contribution in [0.5, 0.6) is 0 Å². The van der Waals surface area contributed by atoms with E-state index in [1.165, 1.54) is 16.4 Å². The van der Waals surface area contributed by atoms with Crippen molar-refractivity contribution in [2.45, 2.75) is 57.1 Å². The van der Waals surface area contributed by atoms with E-state index in [1.807, 2.05) is 51.7 Å². The second kappa shape index (κ2) is 8.10. The van der Waals surface area contributed by atoms with E-state index in [-0.39, 0.29) is 23.2 Å². The van der Waals surface area contributed by atoms with Crippen LogP contribution in [0, 0.1) is 0 Å². The summed E-state index contributed by atoms with van der Waals surface area (Å²) in [5, 5.41) is 9.04. The molecule has 1 amide bonds. The summed E-state index contributed by atoms with van der Waals surface area (Å²) >= 11 is 7.32. The van der Waals surface area contributed by atoms with Crippen molar-refractivity contribution in [3.63, 3.8) is 0 Å². The van der Waals surface area contributed by atoms with Crippen LogP contribution in [0.2, 0.25) is 5.02 Å². The highest BCUT2D eigenvalue weighted by Gasteiger charge is 2.27. The maximum Gasteiger partial charge on any atom is 0.236 e. The molecule has 1 atom stereocenters. The molecule has 136 valence electrons. The van der Waals surface area contributed by atoms with E-state index in [1.54, 1.807) is 12.1 Å². The average molecular weight is 382 g/mol. The normalized spacial score (nSPS) is 12.6. The predicted molar refractivity (Wildman–Crippen MR) is 103 cm³/mol. The number of nitrogens with zero attached hydrogens (tertiary/aromatic N) is 4. The van der Waals surface area contributed by atoms with E-state index in [4.69, 9.17) is 17.4 Å². The number of aromatic nitrogens is 3. The number of thioether (sulfide) groups is 1. The molecule has 2 aromatic rings. The minimum absolute atomic E-state index is 0.0577. The third kappa shape index (κ3) is 4.46. The van der Waals surface area contributed by atoms with Crippen molar-refractivity contribution in [1.29, 1.82) is 0 Å². The Hall–Kier alpha value is -1.73. The average Bonchev–Trinajstić information content (AvgIpc) is 2.87. The highest BCUT2D eigenvalue weighted by atomic mass is 35.5. The van der Waals surface area contributed by atoms with Gasteiger partial charge in [0.1, 0.15) is 0 Å². The molecular formula is C17H24ClN5OS. The van der Waals surface area contributed by atoms with Crippen LogP contribution in [0.25, 0.3) is 11.4 Å². The Balaban J connectivity index is 2.20. The Labute approximate surface area is 157 Å². The molecule has 0 bridgehead atoms. The number of amides is 1. The van der Waals surface area contributed by atoms with Gasteiger partial charge in [-0.15, -0.1) is 10.2 Å². The second-order valence-electron chi connectivity index (χ2n) is 6.38. The van der Waals surface area contributed by atoms with Gasteiger partial charge in [-0.05, 0) is 46.8 Å². The smallest absolute Gasteiger partial charge is 0.236 e. The third-order valence-corrected chi connectivity index (χ3v) is 5.02. The fraction of sp³-hybridized carbons (Fsp3) is 0.471. The van der Waals surface area contributed by atoms with E-state index in [0.717, 1.165) is 5.56 Å². The Kier molecular flexibility index (Phi) is 6.35. The molecule has 0 fully saturated rings. The van der Waals surface area contributed by atoms with Crippen molar-refractivity contribution >= 4 is 29.3 Å². The molecule has 0 aliphatic heterocycles. The SMILES string of the molecule is CC(C)N(C(=O)[C@@H](C)Sc1nnc(-c2cccc(Cl)c2)n1N)C(C)C. The molecule has 0 spiro atoms. The summed E-state index contributed by atoms with van der Waals surface area (Å²) in [5.41, 5.74) is 0.777. The van der Waals surface area contributed by atoms with Crippen LogP contribution < -0.4 is 5.84 Å². The molecule has 8 heteroatoms. The molecule has 0 radical (unpaired) electrons. The highest BCUT2D eigenvalue weighted by Crippen LogP contribution is 2.27. The van der Waals surface area contributed by atoms with Crippen molar-refractivity contribution in [1.82, 2.24) is 19.8 Å². The number of nitrogens with two attached hydrogens (primary N) is 1. The topological polar surface area (TPSA) is 77.0 Å². The molecule has 0 saturated carbocycles. The zero-order valence-electron chi connectivity index (χ0n) is 15.1. The lowest BCUT2D eigenvalue weighted by Gasteiger charge is -2.32. The molecule has 2 rings (SSSR count). The summed E-state index contributed by atoms with van der Waals surface area (Å²) < 4.78 is 1.40. The number of rotatable bonds is 6. The monoisotopic (exact) mass is 381 g/mol. The summed E-state index contributed by atoms with van der Waals surface area (Å²) in [4.78, 5) is 14.6. The molecular weight excluding hydrogens is 358 g/mol. The first-order chi connectivity index (χ1) is 11.7. The van der Waals surface area contributed by atoms with E-state index in [9.17, 15) is 4.79 Å². The first-order valence-electron chi connectivity index (χ1n) is 8.17. The second-order valence-corrected chi connectivity index (χ2v) is 8.12. The Bertz CT molecular complexity index is 738. The van der Waals surface area contributed by atoms with Gasteiger partial charge >= 0.3 is 0 Å². The number of benzene rings is 1. The summed E-state index contributed by atoms with van der Waals surface area (Å²) in [6, 6.07) is 7.51. The number of nitrogen functional groups attached to an aromatic ring is 1. The van der Waals surface area contributed by atoms with Gasteiger partial charge in [0.15, 0.2) is 5.82 Å². The van der Waals surface area contributed by atoms with E-state index in [0.29, 0.717) is 16.0 Å². The van der Waals surface area contributed by atoms with Gasteiger partial charge in [-0.3, -0.25) is 4.79 Å². The van der Waals surface area contributed by atoms with Gasteiger partial charge < -0.3 is 10.7 Å². The van der Waals surface area contributed by atoms with Gasteiger partial charge in [-0.25, -0.2) is 4.68 Å². The molecule has 25 heavy (non-hydrogen) atoms. The van der Waals surface area contributed by atoms with Gasteiger partial charge in [0.2, 0.25) is 11.1 Å². The third-order valence-electron chi connectivity index (χ3n) is 3.74. The van der Waals surface area contributed by atoms with Crippen molar-refractivity contribution in [2.24, 2.45) is 0 Å². The molecule has 1 aromatic carbocycles. The number of carbonyl (C=O) groups excluding carboxylic acids is 1. The first-order valence-corrected chi connectivity index (χ1v) is 9.43. The van der Waals surface area contributed by atoms with Crippen LogP contribution >= 0.6 is 23.4 Å². The summed E-state index contributed by atoms with van der Waals surface area (Å²) in [6.45, 7) is 9.91. The van der Waals surface area contributed by atoms with E-state index < -0.39 is 0 Å². The van der Waals surface area contributed by atoms with Crippen molar-refractivity contribution in [3.8, 4) is 11.4 Å². The van der Waals surface area contributed by atoms with Gasteiger partial charge in [-0.2, -0.15) is 0 Å².